The molecule has 0 saturated carbocycles. The number of benzene rings is 1. The molecule has 1 aliphatic heterocycles. The summed E-state index contributed by atoms with van der Waals surface area (Å²) in [4.78, 5) is 4.74. The van der Waals surface area contributed by atoms with Gasteiger partial charge in [0.25, 0.3) is 0 Å². The Hall–Kier alpha value is -0.610. The molecule has 114 valence electrons. The Morgan fingerprint density at radius 2 is 1.86 bits per heavy atom. The number of nitriles is 1. The van der Waals surface area contributed by atoms with E-state index in [1.807, 2.05) is 30.3 Å². The van der Waals surface area contributed by atoms with E-state index in [0.717, 1.165) is 50.6 Å². The molecular formula is C16H22N3NaO2. The molecule has 0 bridgehead atoms. The molecule has 1 aromatic rings. The predicted octanol–water partition coefficient (Wildman–Crippen LogP) is -2.57. The van der Waals surface area contributed by atoms with Gasteiger partial charge in [-0.25, -0.2) is 0 Å². The summed E-state index contributed by atoms with van der Waals surface area (Å²) in [6.07, 6.45) is 0. The van der Waals surface area contributed by atoms with Gasteiger partial charge >= 0.3 is 29.6 Å². The van der Waals surface area contributed by atoms with Crippen molar-refractivity contribution < 1.29 is 39.4 Å². The smallest absolute Gasteiger partial charge is 0.853 e. The Kier molecular flexibility index (Phi) is 9.03. The third-order valence-electron chi connectivity index (χ3n) is 3.97. The van der Waals surface area contributed by atoms with E-state index < -0.39 is 5.92 Å². The summed E-state index contributed by atoms with van der Waals surface area (Å²) < 4.78 is 5.11. The molecule has 6 heteroatoms. The molecule has 0 amide bonds. The van der Waals surface area contributed by atoms with Gasteiger partial charge in [0.15, 0.2) is 0 Å². The van der Waals surface area contributed by atoms with Crippen molar-refractivity contribution in [3.05, 3.63) is 29.8 Å². The van der Waals surface area contributed by atoms with Crippen molar-refractivity contribution >= 4 is 5.69 Å². The van der Waals surface area contributed by atoms with Crippen LogP contribution in [0.15, 0.2) is 24.3 Å². The normalized spacial score (nSPS) is 16.7. The van der Waals surface area contributed by atoms with Crippen molar-refractivity contribution in [2.24, 2.45) is 0 Å². The second-order valence-electron chi connectivity index (χ2n) is 5.26. The van der Waals surface area contributed by atoms with Crippen molar-refractivity contribution in [2.75, 3.05) is 57.9 Å². The Balaban J connectivity index is 0.00000242. The second kappa shape index (κ2) is 10.2. The quantitative estimate of drug-likeness (QED) is 0.540. The summed E-state index contributed by atoms with van der Waals surface area (Å²) in [5.41, 5.74) is 1.97. The maximum Gasteiger partial charge on any atom is 1.00 e. The van der Waals surface area contributed by atoms with Gasteiger partial charge in [-0.2, -0.15) is 5.26 Å². The number of rotatable bonds is 6. The summed E-state index contributed by atoms with van der Waals surface area (Å²) in [7, 11) is 1.73. The van der Waals surface area contributed by atoms with Crippen molar-refractivity contribution in [2.45, 2.75) is 5.92 Å². The zero-order valence-electron chi connectivity index (χ0n) is 13.5. The van der Waals surface area contributed by atoms with Crippen LogP contribution >= 0.6 is 0 Å². The summed E-state index contributed by atoms with van der Waals surface area (Å²) in [6.45, 7) is 5.43. The summed E-state index contributed by atoms with van der Waals surface area (Å²) in [6, 6.07) is 9.88. The van der Waals surface area contributed by atoms with Gasteiger partial charge < -0.3 is 14.7 Å². The number of nitrogens with zero attached hydrogens (tertiary/aromatic N) is 3. The first-order valence-corrected chi connectivity index (χ1v) is 7.32. The van der Waals surface area contributed by atoms with Gasteiger partial charge in [0.2, 0.25) is 0 Å². The van der Waals surface area contributed by atoms with Crippen molar-refractivity contribution in [3.63, 3.8) is 0 Å². The Labute approximate surface area is 154 Å². The zero-order valence-corrected chi connectivity index (χ0v) is 15.5. The van der Waals surface area contributed by atoms with Crippen LogP contribution < -0.4 is 39.6 Å². The third kappa shape index (κ3) is 5.24. The summed E-state index contributed by atoms with van der Waals surface area (Å²) in [5.74, 6) is -0.537. The van der Waals surface area contributed by atoms with Crippen molar-refractivity contribution in [1.29, 1.82) is 5.26 Å². The predicted molar refractivity (Wildman–Crippen MR) is 80.2 cm³/mol. The molecule has 1 heterocycles. The Morgan fingerprint density at radius 1 is 1.23 bits per heavy atom. The first-order valence-electron chi connectivity index (χ1n) is 7.32. The average Bonchev–Trinajstić information content (AvgIpc) is 2.55. The number of hydrogen-bond donors (Lipinski definition) is 0. The minimum absolute atomic E-state index is 0. The molecular weight excluding hydrogens is 289 g/mol. The first-order chi connectivity index (χ1) is 10.3. The van der Waals surface area contributed by atoms with E-state index in [9.17, 15) is 5.11 Å². The van der Waals surface area contributed by atoms with Gasteiger partial charge in [-0.05, 0) is 17.7 Å². The summed E-state index contributed by atoms with van der Waals surface area (Å²) >= 11 is 0. The molecule has 1 unspecified atom stereocenters. The van der Waals surface area contributed by atoms with Crippen LogP contribution in [0.2, 0.25) is 0 Å². The van der Waals surface area contributed by atoms with E-state index in [4.69, 9.17) is 10.00 Å². The molecule has 1 fully saturated rings. The minimum atomic E-state index is -0.537. The number of ether oxygens (including phenoxy) is 1. The molecule has 0 aromatic heterocycles. The monoisotopic (exact) mass is 311 g/mol. The van der Waals surface area contributed by atoms with Crippen molar-refractivity contribution in [3.8, 4) is 6.07 Å². The number of anilines is 1. The molecule has 1 atom stereocenters. The third-order valence-corrected chi connectivity index (χ3v) is 3.97. The fourth-order valence-electron chi connectivity index (χ4n) is 2.58. The van der Waals surface area contributed by atoms with Crippen LogP contribution in [0.25, 0.3) is 0 Å². The van der Waals surface area contributed by atoms with Crippen LogP contribution in [-0.2, 0) is 4.74 Å². The van der Waals surface area contributed by atoms with E-state index >= 15 is 0 Å². The van der Waals surface area contributed by atoms with Gasteiger partial charge in [-0.3, -0.25) is 4.90 Å². The summed E-state index contributed by atoms with van der Waals surface area (Å²) in [5, 5.41) is 19.8. The average molecular weight is 311 g/mol. The Morgan fingerprint density at radius 3 is 2.36 bits per heavy atom. The SMILES string of the molecule is COCCN1CCN(c2ccc(C(C#N)C[O-])cc2)CC1.[Na+]. The molecule has 5 nitrogen and oxygen atoms in total. The maximum absolute atomic E-state index is 10.9. The van der Waals surface area contributed by atoms with Crippen molar-refractivity contribution in [1.82, 2.24) is 4.90 Å². The number of hydrogen-bond acceptors (Lipinski definition) is 5. The Bertz CT molecular complexity index is 467. The van der Waals surface area contributed by atoms with Crippen LogP contribution in [0.1, 0.15) is 11.5 Å². The molecule has 1 aliphatic rings. The fraction of sp³-hybridized carbons (Fsp3) is 0.562. The number of piperazine rings is 1. The van der Waals surface area contributed by atoms with Gasteiger partial charge in [-0.15, -0.1) is 6.61 Å². The van der Waals surface area contributed by atoms with Gasteiger partial charge in [0, 0.05) is 45.5 Å². The molecule has 22 heavy (non-hydrogen) atoms. The number of methoxy groups -OCH3 is 1. The maximum atomic E-state index is 10.9. The molecule has 0 spiro atoms. The van der Waals surface area contributed by atoms with E-state index in [-0.39, 0.29) is 36.2 Å². The van der Waals surface area contributed by atoms with E-state index in [1.165, 1.54) is 0 Å². The van der Waals surface area contributed by atoms with E-state index in [2.05, 4.69) is 9.80 Å². The van der Waals surface area contributed by atoms with Crippen LogP contribution in [-0.4, -0.2) is 57.9 Å². The molecule has 1 aromatic carbocycles. The van der Waals surface area contributed by atoms with Gasteiger partial charge in [0.1, 0.15) is 0 Å². The molecule has 1 saturated heterocycles. The molecule has 0 N–H and O–H groups in total. The largest absolute Gasteiger partial charge is 1.00 e. The minimum Gasteiger partial charge on any atom is -0.853 e. The van der Waals surface area contributed by atoms with Crippen LogP contribution in [0.5, 0.6) is 0 Å². The molecule has 0 radical (unpaired) electrons. The molecule has 0 aliphatic carbocycles. The first kappa shape index (κ1) is 19.4. The van der Waals surface area contributed by atoms with E-state index in [0.29, 0.717) is 0 Å². The van der Waals surface area contributed by atoms with E-state index in [1.54, 1.807) is 7.11 Å². The van der Waals surface area contributed by atoms with Gasteiger partial charge in [0.05, 0.1) is 18.6 Å². The van der Waals surface area contributed by atoms with Gasteiger partial charge in [-0.1, -0.05) is 12.1 Å². The topological polar surface area (TPSA) is 62.6 Å². The fourth-order valence-corrected chi connectivity index (χ4v) is 2.58. The van der Waals surface area contributed by atoms with Crippen LogP contribution in [0.3, 0.4) is 0 Å². The molecule has 2 rings (SSSR count). The second-order valence-corrected chi connectivity index (χ2v) is 5.26. The van der Waals surface area contributed by atoms with Crippen LogP contribution in [0.4, 0.5) is 5.69 Å². The van der Waals surface area contributed by atoms with Crippen LogP contribution in [0, 0.1) is 11.3 Å². The standard InChI is InChI=1S/C16H22N3O2.Na/c1-21-11-10-18-6-8-19(9-7-18)16-4-2-14(3-5-16)15(12-17)13-20;/h2-5,15H,6-11,13H2,1H3;/q-1;+1. The zero-order chi connectivity index (χ0) is 15.1.